The fourth-order valence-electron chi connectivity index (χ4n) is 1.98. The Morgan fingerprint density at radius 3 is 2.35 bits per heavy atom. The van der Waals surface area contributed by atoms with Gasteiger partial charge in [-0.1, -0.05) is 0 Å². The monoisotopic (exact) mass is 257 g/mol. The molecule has 96 valence electrons. The second kappa shape index (κ2) is 4.41. The fraction of sp³-hybridized carbons (Fsp3) is 0.833. The summed E-state index contributed by atoms with van der Waals surface area (Å²) in [5.41, 5.74) is -1.04. The van der Waals surface area contributed by atoms with Gasteiger partial charge < -0.3 is 0 Å². The normalized spacial score (nSPS) is 25.9. The van der Waals surface area contributed by atoms with Crippen LogP contribution in [0.1, 0.15) is 46.5 Å². The van der Waals surface area contributed by atoms with E-state index >= 15 is 0 Å². The van der Waals surface area contributed by atoms with Crippen molar-refractivity contribution >= 4 is 15.6 Å². The van der Waals surface area contributed by atoms with Crippen molar-refractivity contribution in [3.8, 4) is 6.07 Å². The second-order valence-electron chi connectivity index (χ2n) is 5.65. The maximum absolute atomic E-state index is 12.0. The number of rotatable bonds is 3. The van der Waals surface area contributed by atoms with Crippen molar-refractivity contribution in [1.29, 1.82) is 5.26 Å². The van der Waals surface area contributed by atoms with Crippen molar-refractivity contribution in [1.82, 2.24) is 0 Å². The van der Waals surface area contributed by atoms with Crippen molar-refractivity contribution < 1.29 is 13.2 Å². The highest BCUT2D eigenvalue weighted by Gasteiger charge is 2.44. The minimum absolute atomic E-state index is 0.0875. The molecule has 0 aromatic carbocycles. The number of hydrogen-bond donors (Lipinski definition) is 0. The van der Waals surface area contributed by atoms with Crippen molar-refractivity contribution in [3.05, 3.63) is 0 Å². The highest BCUT2D eigenvalue weighted by atomic mass is 32.2. The number of sulfone groups is 1. The molecule has 0 radical (unpaired) electrons. The van der Waals surface area contributed by atoms with E-state index in [9.17, 15) is 13.2 Å². The molecule has 17 heavy (non-hydrogen) atoms. The van der Waals surface area contributed by atoms with Gasteiger partial charge in [0.15, 0.2) is 15.6 Å². The molecule has 0 aromatic rings. The van der Waals surface area contributed by atoms with E-state index in [2.05, 4.69) is 0 Å². The van der Waals surface area contributed by atoms with E-state index in [0.717, 1.165) is 0 Å². The molecular weight excluding hydrogens is 238 g/mol. The lowest BCUT2D eigenvalue weighted by Gasteiger charge is -2.23. The number of carbonyl (C=O) groups excluding carboxylic acids is 1. The molecule has 0 spiro atoms. The third kappa shape index (κ3) is 2.68. The van der Waals surface area contributed by atoms with Crippen LogP contribution in [0.4, 0.5) is 0 Å². The number of Topliss-reactive ketones (excluding diaryl/α,β-unsaturated/α-hetero) is 1. The van der Waals surface area contributed by atoms with Crippen LogP contribution in [0.2, 0.25) is 0 Å². The van der Waals surface area contributed by atoms with Gasteiger partial charge in [-0.15, -0.1) is 0 Å². The zero-order chi connectivity index (χ0) is 13.3. The SMILES string of the molecule is CC(C)(C)S(=O)(=O)CCC1(C#N)CCCC1=O. The van der Waals surface area contributed by atoms with Crippen LogP contribution in [0.15, 0.2) is 0 Å². The number of ketones is 1. The molecule has 1 saturated carbocycles. The highest BCUT2D eigenvalue weighted by Crippen LogP contribution is 2.38. The Kier molecular flexibility index (Phi) is 3.68. The van der Waals surface area contributed by atoms with Gasteiger partial charge in [0.05, 0.1) is 16.6 Å². The Bertz CT molecular complexity index is 453. The summed E-state index contributed by atoms with van der Waals surface area (Å²) in [6, 6.07) is 2.04. The molecule has 1 fully saturated rings. The number of nitrogens with zero attached hydrogens (tertiary/aromatic N) is 1. The second-order valence-corrected chi connectivity index (χ2v) is 8.51. The smallest absolute Gasteiger partial charge is 0.155 e. The van der Waals surface area contributed by atoms with Crippen molar-refractivity contribution in [2.24, 2.45) is 5.41 Å². The molecule has 0 heterocycles. The van der Waals surface area contributed by atoms with Gasteiger partial charge >= 0.3 is 0 Å². The van der Waals surface area contributed by atoms with E-state index in [1.54, 1.807) is 20.8 Å². The van der Waals surface area contributed by atoms with Gasteiger partial charge in [0, 0.05) is 6.42 Å². The summed E-state index contributed by atoms with van der Waals surface area (Å²) >= 11 is 0. The fourth-order valence-corrected chi connectivity index (χ4v) is 3.21. The molecule has 0 bridgehead atoms. The van der Waals surface area contributed by atoms with E-state index in [1.807, 2.05) is 6.07 Å². The first-order valence-electron chi connectivity index (χ1n) is 5.81. The zero-order valence-corrected chi connectivity index (χ0v) is 11.4. The van der Waals surface area contributed by atoms with Gasteiger partial charge in [0.2, 0.25) is 0 Å². The molecule has 1 rings (SSSR count). The minimum atomic E-state index is -3.26. The maximum atomic E-state index is 12.0. The summed E-state index contributed by atoms with van der Waals surface area (Å²) in [5.74, 6) is -0.181. The molecule has 0 amide bonds. The molecule has 0 aromatic heterocycles. The molecule has 1 aliphatic rings. The predicted octanol–water partition coefficient (Wildman–Crippen LogP) is 1.85. The molecule has 0 N–H and O–H groups in total. The van der Waals surface area contributed by atoms with Crippen LogP contribution in [0.5, 0.6) is 0 Å². The summed E-state index contributed by atoms with van der Waals surface area (Å²) in [5, 5.41) is 9.12. The van der Waals surface area contributed by atoms with Gasteiger partial charge in [-0.3, -0.25) is 4.79 Å². The summed E-state index contributed by atoms with van der Waals surface area (Å²) in [4.78, 5) is 11.7. The molecular formula is C12H19NO3S. The van der Waals surface area contributed by atoms with E-state index in [1.165, 1.54) is 0 Å². The molecule has 4 nitrogen and oxygen atoms in total. The summed E-state index contributed by atoms with van der Waals surface area (Å²) in [6.07, 6.45) is 1.75. The summed E-state index contributed by atoms with van der Waals surface area (Å²) in [7, 11) is -3.26. The minimum Gasteiger partial charge on any atom is -0.298 e. The molecule has 1 aliphatic carbocycles. The lowest BCUT2D eigenvalue weighted by molar-refractivity contribution is -0.123. The van der Waals surface area contributed by atoms with Gasteiger partial charge in [-0.2, -0.15) is 5.26 Å². The van der Waals surface area contributed by atoms with Crippen LogP contribution < -0.4 is 0 Å². The first-order valence-corrected chi connectivity index (χ1v) is 7.47. The largest absolute Gasteiger partial charge is 0.298 e. The van der Waals surface area contributed by atoms with Gasteiger partial charge in [0.25, 0.3) is 0 Å². The summed E-state index contributed by atoms with van der Waals surface area (Å²) in [6.45, 7) is 4.91. The Morgan fingerprint density at radius 1 is 1.41 bits per heavy atom. The Morgan fingerprint density at radius 2 is 2.00 bits per heavy atom. The highest BCUT2D eigenvalue weighted by molar-refractivity contribution is 7.92. The molecule has 1 atom stereocenters. The lowest BCUT2D eigenvalue weighted by atomic mass is 9.84. The number of hydrogen-bond acceptors (Lipinski definition) is 4. The quantitative estimate of drug-likeness (QED) is 0.773. The molecule has 1 unspecified atom stereocenters. The Hall–Kier alpha value is -0.890. The third-order valence-corrected chi connectivity index (χ3v) is 6.09. The van der Waals surface area contributed by atoms with Crippen molar-refractivity contribution in [2.45, 2.75) is 51.2 Å². The van der Waals surface area contributed by atoms with Crippen LogP contribution in [-0.4, -0.2) is 24.7 Å². The average molecular weight is 257 g/mol. The van der Waals surface area contributed by atoms with Crippen molar-refractivity contribution in [2.75, 3.05) is 5.75 Å². The Labute approximate surface area is 103 Å². The van der Waals surface area contributed by atoms with Gasteiger partial charge in [-0.05, 0) is 40.0 Å². The first-order chi connectivity index (χ1) is 7.65. The predicted molar refractivity (Wildman–Crippen MR) is 65.1 cm³/mol. The van der Waals surface area contributed by atoms with E-state index in [0.29, 0.717) is 19.3 Å². The number of nitriles is 1. The topological polar surface area (TPSA) is 75.0 Å². The van der Waals surface area contributed by atoms with Gasteiger partial charge in [-0.25, -0.2) is 8.42 Å². The Balaban J connectivity index is 2.82. The third-order valence-electron chi connectivity index (χ3n) is 3.49. The van der Waals surface area contributed by atoms with E-state index < -0.39 is 20.0 Å². The van der Waals surface area contributed by atoms with Gasteiger partial charge in [0.1, 0.15) is 5.41 Å². The lowest BCUT2D eigenvalue weighted by Crippen LogP contribution is -2.34. The molecule has 5 heteroatoms. The van der Waals surface area contributed by atoms with Crippen LogP contribution in [0, 0.1) is 16.7 Å². The van der Waals surface area contributed by atoms with Crippen LogP contribution in [0.25, 0.3) is 0 Å². The first kappa shape index (κ1) is 14.2. The standard InChI is InChI=1S/C12H19NO3S/c1-11(2,3)17(15,16)8-7-12(9-13)6-4-5-10(12)14/h4-8H2,1-3H3. The molecule has 0 aliphatic heterocycles. The van der Waals surface area contributed by atoms with Crippen molar-refractivity contribution in [3.63, 3.8) is 0 Å². The maximum Gasteiger partial charge on any atom is 0.155 e. The van der Waals surface area contributed by atoms with E-state index in [-0.39, 0.29) is 18.0 Å². The van der Waals surface area contributed by atoms with Crippen LogP contribution in [0.3, 0.4) is 0 Å². The van der Waals surface area contributed by atoms with E-state index in [4.69, 9.17) is 5.26 Å². The zero-order valence-electron chi connectivity index (χ0n) is 10.6. The number of carbonyl (C=O) groups is 1. The van der Waals surface area contributed by atoms with Crippen LogP contribution >= 0.6 is 0 Å². The molecule has 0 saturated heterocycles. The average Bonchev–Trinajstić information content (AvgIpc) is 2.56. The van der Waals surface area contributed by atoms with Crippen LogP contribution in [-0.2, 0) is 14.6 Å². The summed E-state index contributed by atoms with van der Waals surface area (Å²) < 4.78 is 23.1.